The minimum atomic E-state index is -0.535. The van der Waals surface area contributed by atoms with Gasteiger partial charge in [0, 0.05) is 23.7 Å². The van der Waals surface area contributed by atoms with Crippen molar-refractivity contribution in [2.45, 2.75) is 43.6 Å². The minimum absolute atomic E-state index is 0.0408. The Morgan fingerprint density at radius 3 is 2.60 bits per heavy atom. The number of ether oxygens (including phenoxy) is 3. The van der Waals surface area contributed by atoms with Crippen LogP contribution in [-0.4, -0.2) is 74.5 Å². The largest absolute Gasteiger partial charge is 0.497 e. The molecule has 2 aromatic rings. The predicted octanol–water partition coefficient (Wildman–Crippen LogP) is 1.90. The maximum absolute atomic E-state index is 12.6. The third-order valence-electron chi connectivity index (χ3n) is 6.30. The molecule has 1 fully saturated rings. The maximum atomic E-state index is 12.6. The molecule has 2 aliphatic heterocycles. The first-order valence-corrected chi connectivity index (χ1v) is 11.8. The molecule has 35 heavy (non-hydrogen) atoms. The monoisotopic (exact) mass is 483 g/mol. The first-order chi connectivity index (χ1) is 16.9. The third-order valence-corrected chi connectivity index (χ3v) is 6.30. The van der Waals surface area contributed by atoms with E-state index >= 15 is 0 Å². The lowest BCUT2D eigenvalue weighted by molar-refractivity contribution is -0.142. The topological polar surface area (TPSA) is 109 Å². The van der Waals surface area contributed by atoms with Gasteiger partial charge in [0.2, 0.25) is 11.8 Å². The smallest absolute Gasteiger partial charge is 0.238 e. The second kappa shape index (κ2) is 11.1. The van der Waals surface area contributed by atoms with Gasteiger partial charge in [-0.1, -0.05) is 12.1 Å². The van der Waals surface area contributed by atoms with Crippen molar-refractivity contribution in [1.82, 2.24) is 10.2 Å². The Bertz CT molecular complexity index is 1040. The van der Waals surface area contributed by atoms with E-state index in [0.717, 1.165) is 22.6 Å². The Morgan fingerprint density at radius 1 is 1.14 bits per heavy atom. The van der Waals surface area contributed by atoms with Crippen LogP contribution in [0.5, 0.6) is 11.5 Å². The summed E-state index contributed by atoms with van der Waals surface area (Å²) in [6.45, 7) is 0.492. The molecule has 2 aromatic carbocycles. The van der Waals surface area contributed by atoms with Crippen LogP contribution in [0.2, 0.25) is 0 Å². The van der Waals surface area contributed by atoms with E-state index < -0.39 is 6.10 Å². The number of rotatable bonds is 9. The number of aliphatic hydroxyl groups excluding tert-OH is 1. The van der Waals surface area contributed by atoms with Gasteiger partial charge in [-0.25, -0.2) is 0 Å². The van der Waals surface area contributed by atoms with Crippen LogP contribution in [0, 0.1) is 0 Å². The molecule has 4 rings (SSSR count). The molecule has 0 aliphatic carbocycles. The van der Waals surface area contributed by atoms with E-state index in [4.69, 9.17) is 14.2 Å². The minimum Gasteiger partial charge on any atom is -0.497 e. The van der Waals surface area contributed by atoms with Crippen molar-refractivity contribution in [1.29, 1.82) is 0 Å². The normalized spacial score (nSPS) is 22.7. The lowest BCUT2D eigenvalue weighted by Gasteiger charge is -2.37. The van der Waals surface area contributed by atoms with E-state index in [1.54, 1.807) is 12.0 Å². The predicted molar refractivity (Wildman–Crippen MR) is 131 cm³/mol. The highest BCUT2D eigenvalue weighted by atomic mass is 16.6. The highest BCUT2D eigenvalue weighted by molar-refractivity contribution is 5.92. The zero-order valence-electron chi connectivity index (χ0n) is 20.3. The summed E-state index contributed by atoms with van der Waals surface area (Å²) in [5, 5.41) is 15.8. The first kappa shape index (κ1) is 25.0. The molecule has 2 heterocycles. The SMILES string of the molecule is COc1ccc(CNC(=O)C[C@@H]2C[C@@H]3c4cc(NC(=O)CN(C)C)ccc4O[C@@H]3[C@H](CO)O2)cc1. The molecule has 2 aliphatic rings. The average molecular weight is 484 g/mol. The number of nitrogens with one attached hydrogen (secondary N) is 2. The fourth-order valence-electron chi connectivity index (χ4n) is 4.68. The summed E-state index contributed by atoms with van der Waals surface area (Å²) in [4.78, 5) is 26.6. The van der Waals surface area contributed by atoms with E-state index in [1.807, 2.05) is 56.6 Å². The number of likely N-dealkylation sites (N-methyl/N-ethyl adjacent to an activating group) is 1. The molecule has 2 amide bonds. The van der Waals surface area contributed by atoms with Crippen LogP contribution in [0.15, 0.2) is 42.5 Å². The average Bonchev–Trinajstić information content (AvgIpc) is 3.20. The third kappa shape index (κ3) is 6.11. The van der Waals surface area contributed by atoms with Gasteiger partial charge in [0.1, 0.15) is 23.7 Å². The number of amides is 2. The van der Waals surface area contributed by atoms with Crippen LogP contribution in [0.25, 0.3) is 0 Å². The quantitative estimate of drug-likeness (QED) is 0.500. The molecule has 1 saturated heterocycles. The second-order valence-electron chi connectivity index (χ2n) is 9.27. The Hall–Kier alpha value is -3.14. The molecule has 188 valence electrons. The lowest BCUT2D eigenvalue weighted by atomic mass is 9.84. The van der Waals surface area contributed by atoms with E-state index in [2.05, 4.69) is 10.6 Å². The molecule has 0 unspecified atom stereocenters. The zero-order chi connectivity index (χ0) is 24.9. The number of hydrogen-bond acceptors (Lipinski definition) is 7. The van der Waals surface area contributed by atoms with Gasteiger partial charge in [0.15, 0.2) is 0 Å². The van der Waals surface area contributed by atoms with Gasteiger partial charge in [0.25, 0.3) is 0 Å². The summed E-state index contributed by atoms with van der Waals surface area (Å²) in [6, 6.07) is 13.1. The summed E-state index contributed by atoms with van der Waals surface area (Å²) >= 11 is 0. The number of nitrogens with zero attached hydrogens (tertiary/aromatic N) is 1. The van der Waals surface area contributed by atoms with E-state index in [9.17, 15) is 14.7 Å². The number of carbonyl (C=O) groups is 2. The Labute approximate surface area is 205 Å². The molecule has 9 heteroatoms. The highest BCUT2D eigenvalue weighted by Crippen LogP contribution is 2.47. The molecule has 4 atom stereocenters. The van der Waals surface area contributed by atoms with E-state index in [0.29, 0.717) is 18.7 Å². The lowest BCUT2D eigenvalue weighted by Crippen LogP contribution is -2.47. The highest BCUT2D eigenvalue weighted by Gasteiger charge is 2.46. The number of hydrogen-bond donors (Lipinski definition) is 3. The van der Waals surface area contributed by atoms with Gasteiger partial charge in [-0.3, -0.25) is 9.59 Å². The molecule has 0 spiro atoms. The summed E-state index contributed by atoms with van der Waals surface area (Å²) < 4.78 is 17.3. The van der Waals surface area contributed by atoms with Gasteiger partial charge in [-0.15, -0.1) is 0 Å². The molecule has 0 saturated carbocycles. The van der Waals surface area contributed by atoms with Crippen molar-refractivity contribution in [3.63, 3.8) is 0 Å². The molecule has 3 N–H and O–H groups in total. The van der Waals surface area contributed by atoms with Gasteiger partial charge in [-0.05, 0) is 56.4 Å². The number of benzene rings is 2. The molecular formula is C26H33N3O6. The number of methoxy groups -OCH3 is 1. The number of carbonyl (C=O) groups excluding carboxylic acids is 2. The van der Waals surface area contributed by atoms with Crippen LogP contribution in [0.1, 0.15) is 29.9 Å². The summed E-state index contributed by atoms with van der Waals surface area (Å²) in [6.07, 6.45) is -0.455. The summed E-state index contributed by atoms with van der Waals surface area (Å²) in [7, 11) is 5.29. The first-order valence-electron chi connectivity index (χ1n) is 11.8. The van der Waals surface area contributed by atoms with Crippen molar-refractivity contribution < 1.29 is 28.9 Å². The van der Waals surface area contributed by atoms with Crippen molar-refractivity contribution in [2.75, 3.05) is 39.7 Å². The molecule has 0 radical (unpaired) electrons. The van der Waals surface area contributed by atoms with Crippen molar-refractivity contribution >= 4 is 17.5 Å². The van der Waals surface area contributed by atoms with E-state index in [-0.39, 0.29) is 49.5 Å². The fourth-order valence-corrected chi connectivity index (χ4v) is 4.68. The van der Waals surface area contributed by atoms with E-state index in [1.165, 1.54) is 0 Å². The second-order valence-corrected chi connectivity index (χ2v) is 9.27. The van der Waals surface area contributed by atoms with Crippen molar-refractivity contribution in [2.24, 2.45) is 0 Å². The Balaban J connectivity index is 1.39. The molecule has 9 nitrogen and oxygen atoms in total. The van der Waals surface area contributed by atoms with Crippen LogP contribution >= 0.6 is 0 Å². The van der Waals surface area contributed by atoms with Crippen LogP contribution in [0.4, 0.5) is 5.69 Å². The molecular weight excluding hydrogens is 450 g/mol. The summed E-state index contributed by atoms with van der Waals surface area (Å²) in [5.41, 5.74) is 2.63. The summed E-state index contributed by atoms with van der Waals surface area (Å²) in [5.74, 6) is 1.22. The zero-order valence-corrected chi connectivity index (χ0v) is 20.3. The number of anilines is 1. The van der Waals surface area contributed by atoms with Gasteiger partial charge < -0.3 is 34.9 Å². The van der Waals surface area contributed by atoms with Gasteiger partial charge in [0.05, 0.1) is 32.8 Å². The Morgan fingerprint density at radius 2 is 1.91 bits per heavy atom. The number of fused-ring (bicyclic) bond motifs is 3. The van der Waals surface area contributed by atoms with Gasteiger partial charge >= 0.3 is 0 Å². The standard InChI is InChI=1S/C26H33N3O6/c1-29(2)14-25(32)28-17-6-9-22-20(10-17)21-11-19(34-23(15-30)26(21)35-22)12-24(31)27-13-16-4-7-18(33-3)8-5-16/h4-10,19,21,23,26,30H,11-15H2,1-3H3,(H,27,31)(H,28,32)/t19-,21+,23-,26-/m0/s1. The molecule has 0 bridgehead atoms. The maximum Gasteiger partial charge on any atom is 0.238 e. The Kier molecular flexibility index (Phi) is 7.90. The van der Waals surface area contributed by atoms with Crippen LogP contribution < -0.4 is 20.1 Å². The van der Waals surface area contributed by atoms with Crippen LogP contribution in [0.3, 0.4) is 0 Å². The fraction of sp³-hybridized carbons (Fsp3) is 0.462. The van der Waals surface area contributed by atoms with Gasteiger partial charge in [-0.2, -0.15) is 0 Å². The van der Waals surface area contributed by atoms with Crippen molar-refractivity contribution in [3.05, 3.63) is 53.6 Å². The number of aliphatic hydroxyl groups is 1. The van der Waals surface area contributed by atoms with Crippen molar-refractivity contribution in [3.8, 4) is 11.5 Å². The van der Waals surface area contributed by atoms with Crippen LogP contribution in [-0.2, 0) is 20.9 Å². The molecule has 0 aromatic heterocycles.